The van der Waals surface area contributed by atoms with Gasteiger partial charge in [-0.3, -0.25) is 0 Å². The van der Waals surface area contributed by atoms with E-state index in [4.69, 9.17) is 0 Å². The molecule has 0 aliphatic heterocycles. The first-order chi connectivity index (χ1) is 8.93. The van der Waals surface area contributed by atoms with Crippen molar-refractivity contribution >= 4 is 7.25 Å². The van der Waals surface area contributed by atoms with Crippen LogP contribution in [0.1, 0.15) is 51.0 Å². The number of pyridine rings is 1. The van der Waals surface area contributed by atoms with Crippen LogP contribution in [-0.4, -0.2) is 7.25 Å². The SMILES string of the molecule is CCCCCCCCc1cc[nH+]cc1.F[B-](F)(F)F. The molecule has 1 rings (SSSR count). The first-order valence-electron chi connectivity index (χ1n) is 6.75. The Morgan fingerprint density at radius 1 is 0.895 bits per heavy atom. The summed E-state index contributed by atoms with van der Waals surface area (Å²) in [7, 11) is -6.00. The number of aromatic amines is 1. The van der Waals surface area contributed by atoms with Gasteiger partial charge >= 0.3 is 7.25 Å². The summed E-state index contributed by atoms with van der Waals surface area (Å²) >= 11 is 0. The molecule has 0 aromatic carbocycles. The Morgan fingerprint density at radius 2 is 1.37 bits per heavy atom. The summed E-state index contributed by atoms with van der Waals surface area (Å²) < 4.78 is 39.0. The van der Waals surface area contributed by atoms with Gasteiger partial charge in [0.15, 0.2) is 12.4 Å². The summed E-state index contributed by atoms with van der Waals surface area (Å²) in [4.78, 5) is 3.05. The van der Waals surface area contributed by atoms with Crippen LogP contribution in [0.2, 0.25) is 0 Å². The summed E-state index contributed by atoms with van der Waals surface area (Å²) in [6, 6.07) is 4.35. The molecule has 1 nitrogen and oxygen atoms in total. The smallest absolute Gasteiger partial charge is 0.418 e. The maximum Gasteiger partial charge on any atom is 0.673 e. The monoisotopic (exact) mass is 279 g/mol. The topological polar surface area (TPSA) is 14.1 Å². The Kier molecular flexibility index (Phi) is 10.2. The number of aryl methyl sites for hydroxylation is 1. The predicted molar refractivity (Wildman–Crippen MR) is 70.3 cm³/mol. The number of nitrogens with one attached hydrogen (secondary N) is 1. The maximum atomic E-state index is 9.75. The Bertz CT molecular complexity index is 297. The summed E-state index contributed by atoms with van der Waals surface area (Å²) in [6.07, 6.45) is 13.5. The lowest BCUT2D eigenvalue weighted by molar-refractivity contribution is -0.378. The molecule has 6 heteroatoms. The van der Waals surface area contributed by atoms with Crippen molar-refractivity contribution in [1.82, 2.24) is 0 Å². The molecule has 0 unspecified atom stereocenters. The molecule has 0 aliphatic rings. The van der Waals surface area contributed by atoms with E-state index < -0.39 is 7.25 Å². The predicted octanol–water partition coefficient (Wildman–Crippen LogP) is 4.70. The van der Waals surface area contributed by atoms with E-state index in [1.54, 1.807) is 0 Å². The molecule has 0 fully saturated rings. The second-order valence-electron chi connectivity index (χ2n) is 4.42. The quantitative estimate of drug-likeness (QED) is 0.390. The fourth-order valence-corrected chi connectivity index (χ4v) is 1.70. The number of hydrogen-bond donors (Lipinski definition) is 0. The molecule has 0 bridgehead atoms. The molecule has 0 saturated carbocycles. The summed E-state index contributed by atoms with van der Waals surface area (Å²) in [5.41, 5.74) is 1.46. The molecule has 0 radical (unpaired) electrons. The summed E-state index contributed by atoms with van der Waals surface area (Å²) in [5, 5.41) is 0. The van der Waals surface area contributed by atoms with E-state index in [-0.39, 0.29) is 0 Å². The molecule has 0 amide bonds. The first-order valence-corrected chi connectivity index (χ1v) is 6.75. The number of unbranched alkanes of at least 4 members (excludes halogenated alkanes) is 5. The van der Waals surface area contributed by atoms with Crippen molar-refractivity contribution in [2.75, 3.05) is 0 Å². The van der Waals surface area contributed by atoms with Crippen LogP contribution in [0, 0.1) is 0 Å². The van der Waals surface area contributed by atoms with Gasteiger partial charge in [0.25, 0.3) is 0 Å². The van der Waals surface area contributed by atoms with Crippen molar-refractivity contribution in [1.29, 1.82) is 0 Å². The Morgan fingerprint density at radius 3 is 1.89 bits per heavy atom. The van der Waals surface area contributed by atoms with Crippen LogP contribution in [0.5, 0.6) is 0 Å². The van der Waals surface area contributed by atoms with Crippen molar-refractivity contribution in [3.63, 3.8) is 0 Å². The number of aromatic nitrogens is 1. The van der Waals surface area contributed by atoms with Crippen molar-refractivity contribution in [2.45, 2.75) is 51.9 Å². The zero-order valence-electron chi connectivity index (χ0n) is 11.3. The number of halogens is 4. The third-order valence-corrected chi connectivity index (χ3v) is 2.61. The molecule has 1 N–H and O–H groups in total. The molecule has 0 spiro atoms. The third-order valence-electron chi connectivity index (χ3n) is 2.61. The molecular weight excluding hydrogens is 257 g/mol. The zero-order valence-corrected chi connectivity index (χ0v) is 11.3. The number of hydrogen-bond acceptors (Lipinski definition) is 0. The largest absolute Gasteiger partial charge is 0.673 e. The second-order valence-corrected chi connectivity index (χ2v) is 4.42. The van der Waals surface area contributed by atoms with Crippen LogP contribution < -0.4 is 4.98 Å². The van der Waals surface area contributed by atoms with Gasteiger partial charge in [0.2, 0.25) is 0 Å². The Hall–Kier alpha value is -1.07. The van der Waals surface area contributed by atoms with Crippen LogP contribution in [0.3, 0.4) is 0 Å². The van der Waals surface area contributed by atoms with E-state index in [9.17, 15) is 17.3 Å². The van der Waals surface area contributed by atoms with Crippen molar-refractivity contribution in [2.24, 2.45) is 0 Å². The highest BCUT2D eigenvalue weighted by molar-refractivity contribution is 6.50. The first kappa shape index (κ1) is 17.9. The van der Waals surface area contributed by atoms with Gasteiger partial charge in [-0.2, -0.15) is 0 Å². The van der Waals surface area contributed by atoms with Gasteiger partial charge in [-0.15, -0.1) is 0 Å². The third kappa shape index (κ3) is 16.9. The second kappa shape index (κ2) is 10.8. The molecule has 1 heterocycles. The van der Waals surface area contributed by atoms with E-state index in [0.29, 0.717) is 0 Å². The van der Waals surface area contributed by atoms with Crippen LogP contribution in [0.15, 0.2) is 24.5 Å². The Balaban J connectivity index is 0.000000555. The zero-order chi connectivity index (χ0) is 14.6. The van der Waals surface area contributed by atoms with E-state index in [0.717, 1.165) is 0 Å². The summed E-state index contributed by atoms with van der Waals surface area (Å²) in [5.74, 6) is 0. The van der Waals surface area contributed by atoms with Crippen LogP contribution >= 0.6 is 0 Å². The normalized spacial score (nSPS) is 10.8. The van der Waals surface area contributed by atoms with Gasteiger partial charge < -0.3 is 17.3 Å². The Labute approximate surface area is 112 Å². The minimum absolute atomic E-state index is 1.24. The highest BCUT2D eigenvalue weighted by atomic mass is 19.5. The van der Waals surface area contributed by atoms with Crippen molar-refractivity contribution < 1.29 is 22.2 Å². The fraction of sp³-hybridized carbons (Fsp3) is 0.615. The molecule has 0 saturated heterocycles. The van der Waals surface area contributed by atoms with Crippen LogP contribution in [0.4, 0.5) is 17.3 Å². The molecule has 1 aromatic rings. The standard InChI is InChI=1S/C13H21N.BF4/c1-2-3-4-5-6-7-8-13-9-11-14-12-10-13;2-1(3,4)5/h9-12H,2-8H2,1H3;/q;-1/p+1. The molecule has 110 valence electrons. The van der Waals surface area contributed by atoms with Gasteiger partial charge in [-0.1, -0.05) is 39.0 Å². The maximum absolute atomic E-state index is 9.75. The minimum atomic E-state index is -6.00. The van der Waals surface area contributed by atoms with Gasteiger partial charge in [0.05, 0.1) is 0 Å². The molecular formula is C13H22BF4N. The van der Waals surface area contributed by atoms with Gasteiger partial charge in [0.1, 0.15) is 0 Å². The van der Waals surface area contributed by atoms with E-state index in [1.165, 1.54) is 50.5 Å². The highest BCUT2D eigenvalue weighted by Crippen LogP contribution is 2.08. The molecule has 0 atom stereocenters. The van der Waals surface area contributed by atoms with Crippen molar-refractivity contribution in [3.05, 3.63) is 30.1 Å². The van der Waals surface area contributed by atoms with Gasteiger partial charge in [0, 0.05) is 12.1 Å². The van der Waals surface area contributed by atoms with Crippen LogP contribution in [-0.2, 0) is 6.42 Å². The van der Waals surface area contributed by atoms with Crippen molar-refractivity contribution in [3.8, 4) is 0 Å². The number of rotatable bonds is 7. The minimum Gasteiger partial charge on any atom is -0.418 e. The molecule has 0 aliphatic carbocycles. The lowest BCUT2D eigenvalue weighted by Crippen LogP contribution is -2.02. The average Bonchev–Trinajstić information content (AvgIpc) is 2.33. The van der Waals surface area contributed by atoms with E-state index >= 15 is 0 Å². The summed E-state index contributed by atoms with van der Waals surface area (Å²) in [6.45, 7) is 2.26. The van der Waals surface area contributed by atoms with Crippen LogP contribution in [0.25, 0.3) is 0 Å². The van der Waals surface area contributed by atoms with Gasteiger partial charge in [-0.05, 0) is 18.4 Å². The lowest BCUT2D eigenvalue weighted by atomic mass is 10.1. The highest BCUT2D eigenvalue weighted by Gasteiger charge is 2.20. The molecule has 19 heavy (non-hydrogen) atoms. The number of H-pyrrole nitrogens is 1. The van der Waals surface area contributed by atoms with E-state index in [2.05, 4.69) is 24.0 Å². The lowest BCUT2D eigenvalue weighted by Gasteiger charge is -2.00. The van der Waals surface area contributed by atoms with E-state index in [1.807, 2.05) is 12.4 Å². The average molecular weight is 279 g/mol. The van der Waals surface area contributed by atoms with Gasteiger partial charge in [-0.25, -0.2) is 4.98 Å². The fourth-order valence-electron chi connectivity index (χ4n) is 1.70. The molecule has 1 aromatic heterocycles.